The van der Waals surface area contributed by atoms with Crippen molar-refractivity contribution in [2.24, 2.45) is 5.73 Å². The van der Waals surface area contributed by atoms with Gasteiger partial charge in [0.25, 0.3) is 0 Å². The number of aliphatic carboxylic acids is 1. The van der Waals surface area contributed by atoms with Gasteiger partial charge in [0.05, 0.1) is 12.6 Å². The van der Waals surface area contributed by atoms with Crippen molar-refractivity contribution in [1.82, 2.24) is 26.6 Å². The molecule has 16 heteroatoms. The minimum absolute atomic E-state index is 0.0233. The van der Waals surface area contributed by atoms with Crippen LogP contribution in [0.25, 0.3) is 0 Å². The smallest absolute Gasteiger partial charge is 0.327 e. The highest BCUT2D eigenvalue weighted by Crippen LogP contribution is 2.06. The van der Waals surface area contributed by atoms with E-state index in [9.17, 15) is 33.9 Å². The van der Waals surface area contributed by atoms with E-state index in [1.165, 1.54) is 6.92 Å². The Morgan fingerprint density at radius 3 is 1.57 bits per heavy atom. The van der Waals surface area contributed by atoms with Crippen LogP contribution in [-0.4, -0.2) is 100 Å². The second-order valence-electron chi connectivity index (χ2n) is 10.3. The normalized spacial score (nSPS) is 14.7. The van der Waals surface area contributed by atoms with E-state index in [2.05, 4.69) is 51.8 Å². The van der Waals surface area contributed by atoms with Crippen molar-refractivity contribution in [2.45, 2.75) is 56.0 Å². The zero-order valence-electron chi connectivity index (χ0n) is 25.1. The molecule has 2 aromatic rings. The lowest BCUT2D eigenvalue weighted by Crippen LogP contribution is -2.60. The van der Waals surface area contributed by atoms with Crippen LogP contribution < -0.4 is 32.3 Å². The lowest BCUT2D eigenvalue weighted by atomic mass is 10.0. The number of carboxylic acid groups (broad SMARTS) is 1. The zero-order valence-corrected chi connectivity index (χ0v) is 26.9. The molecule has 2 aromatic carbocycles. The number of hydrogen-bond donors (Lipinski definition) is 10. The average Bonchev–Trinajstić information content (AvgIpc) is 3.04. The Labute approximate surface area is 277 Å². The van der Waals surface area contributed by atoms with E-state index in [0.717, 1.165) is 5.56 Å². The van der Waals surface area contributed by atoms with Crippen molar-refractivity contribution < 1.29 is 39.0 Å². The van der Waals surface area contributed by atoms with Crippen LogP contribution in [0.1, 0.15) is 18.1 Å². The molecule has 0 saturated heterocycles. The van der Waals surface area contributed by atoms with Crippen molar-refractivity contribution >= 4 is 60.8 Å². The molecule has 0 spiro atoms. The monoisotopic (exact) mass is 676 g/mol. The van der Waals surface area contributed by atoms with Crippen molar-refractivity contribution in [2.75, 3.05) is 18.1 Å². The average molecular weight is 677 g/mol. The molecule has 5 amide bonds. The van der Waals surface area contributed by atoms with Gasteiger partial charge in [-0.25, -0.2) is 4.79 Å². The number of nitrogens with two attached hydrogens (primary N) is 1. The first-order valence-electron chi connectivity index (χ1n) is 14.3. The van der Waals surface area contributed by atoms with Crippen LogP contribution in [0.4, 0.5) is 0 Å². The SMILES string of the molecule is C[C@H](NC(=O)[C@H](Cc1ccccc1)NC(=O)[C@H](CS)NC(=O)[C@@H](N)Cc1ccccc1)C(=O)N[C@@H](CO)C(=O)N[C@@H](CS)C(=O)O. The number of amides is 5. The number of benzene rings is 2. The summed E-state index contributed by atoms with van der Waals surface area (Å²) in [5, 5.41) is 30.8. The van der Waals surface area contributed by atoms with E-state index in [0.29, 0.717) is 5.56 Å². The molecular weight excluding hydrogens is 636 g/mol. The van der Waals surface area contributed by atoms with Gasteiger partial charge in [-0.3, -0.25) is 24.0 Å². The van der Waals surface area contributed by atoms with Gasteiger partial charge >= 0.3 is 5.97 Å². The first-order valence-corrected chi connectivity index (χ1v) is 15.6. The summed E-state index contributed by atoms with van der Waals surface area (Å²) in [7, 11) is 0. The van der Waals surface area contributed by atoms with Crippen LogP contribution >= 0.6 is 25.3 Å². The Hall–Kier alpha value is -4.12. The van der Waals surface area contributed by atoms with Gasteiger partial charge in [-0.15, -0.1) is 0 Å². The van der Waals surface area contributed by atoms with E-state index < -0.39 is 78.4 Å². The van der Waals surface area contributed by atoms with Gasteiger partial charge < -0.3 is 42.5 Å². The summed E-state index contributed by atoms with van der Waals surface area (Å²) in [4.78, 5) is 75.8. The maximum Gasteiger partial charge on any atom is 0.327 e. The number of aliphatic hydroxyl groups excluding tert-OH is 1. The fourth-order valence-corrected chi connectivity index (χ4v) is 4.60. The molecule has 0 aliphatic heterocycles. The number of nitrogens with one attached hydrogen (secondary N) is 5. The first-order chi connectivity index (χ1) is 21.9. The second kappa shape index (κ2) is 19.4. The molecule has 0 aliphatic carbocycles. The van der Waals surface area contributed by atoms with Crippen molar-refractivity contribution in [3.05, 3.63) is 71.8 Å². The van der Waals surface area contributed by atoms with Crippen LogP contribution in [0.5, 0.6) is 0 Å². The maximum absolute atomic E-state index is 13.4. The Kier molecular flexibility index (Phi) is 16.1. The van der Waals surface area contributed by atoms with E-state index in [1.807, 2.05) is 30.3 Å². The highest BCUT2D eigenvalue weighted by molar-refractivity contribution is 7.80. The van der Waals surface area contributed by atoms with Crippen LogP contribution in [0.3, 0.4) is 0 Å². The molecule has 0 aliphatic rings. The summed E-state index contributed by atoms with van der Waals surface area (Å²) in [6.45, 7) is 0.468. The van der Waals surface area contributed by atoms with Gasteiger partial charge in [0.1, 0.15) is 30.2 Å². The molecular formula is C30H40N6O8S2. The second-order valence-corrected chi connectivity index (χ2v) is 11.1. The van der Waals surface area contributed by atoms with Gasteiger partial charge in [-0.1, -0.05) is 60.7 Å². The standard InChI is InChI=1S/C30H40N6O8S2/c1-17(25(38)34-22(14-37)28(41)36-24(16-46)30(43)44)32-27(40)21(13-19-10-6-3-7-11-19)33-29(42)23(15-45)35-26(39)20(31)12-18-8-4-2-5-9-18/h2-11,17,20-24,37,45-46H,12-16,31H2,1H3,(H,32,40)(H,33,42)(H,34,38)(H,35,39)(H,36,41)(H,43,44)/t17-,20-,21-,22-,23-,24-/m0/s1. The van der Waals surface area contributed by atoms with Crippen molar-refractivity contribution in [1.29, 1.82) is 0 Å². The summed E-state index contributed by atoms with van der Waals surface area (Å²) in [5.41, 5.74) is 7.58. The highest BCUT2D eigenvalue weighted by Gasteiger charge is 2.31. The molecule has 0 radical (unpaired) electrons. The highest BCUT2D eigenvalue weighted by atomic mass is 32.1. The van der Waals surface area contributed by atoms with Crippen LogP contribution in [0.15, 0.2) is 60.7 Å². The molecule has 0 bridgehead atoms. The molecule has 0 heterocycles. The number of carbonyl (C=O) groups excluding carboxylic acids is 5. The number of carbonyl (C=O) groups is 6. The molecule has 6 atom stereocenters. The summed E-state index contributed by atoms with van der Waals surface area (Å²) < 4.78 is 0. The molecule has 14 nitrogen and oxygen atoms in total. The topological polar surface area (TPSA) is 229 Å². The maximum atomic E-state index is 13.4. The first kappa shape index (κ1) is 38.1. The number of hydrogen-bond acceptors (Lipinski definition) is 10. The lowest BCUT2D eigenvalue weighted by Gasteiger charge is -2.25. The van der Waals surface area contributed by atoms with Crippen molar-refractivity contribution in [3.63, 3.8) is 0 Å². The Morgan fingerprint density at radius 1 is 0.630 bits per heavy atom. The van der Waals surface area contributed by atoms with Crippen LogP contribution in [0.2, 0.25) is 0 Å². The van der Waals surface area contributed by atoms with Crippen molar-refractivity contribution in [3.8, 4) is 0 Å². The Morgan fingerprint density at radius 2 is 1.07 bits per heavy atom. The summed E-state index contributed by atoms with van der Waals surface area (Å²) in [6, 6.07) is 10.4. The summed E-state index contributed by atoms with van der Waals surface area (Å²) in [5.74, 6) is -5.56. The van der Waals surface area contributed by atoms with Gasteiger partial charge in [0, 0.05) is 17.9 Å². The molecule has 46 heavy (non-hydrogen) atoms. The Bertz CT molecular complexity index is 1340. The lowest BCUT2D eigenvalue weighted by molar-refractivity contribution is -0.142. The fraction of sp³-hybridized carbons (Fsp3) is 0.400. The molecule has 0 aromatic heterocycles. The minimum atomic E-state index is -1.51. The molecule has 0 saturated carbocycles. The summed E-state index contributed by atoms with van der Waals surface area (Å²) in [6.07, 6.45) is 0.260. The number of thiol groups is 2. The number of carboxylic acids is 1. The van der Waals surface area contributed by atoms with Crippen LogP contribution in [-0.2, 0) is 41.6 Å². The van der Waals surface area contributed by atoms with E-state index in [1.54, 1.807) is 30.3 Å². The minimum Gasteiger partial charge on any atom is -0.480 e. The van der Waals surface area contributed by atoms with Gasteiger partial charge in [0.2, 0.25) is 29.5 Å². The largest absolute Gasteiger partial charge is 0.480 e. The summed E-state index contributed by atoms with van der Waals surface area (Å²) >= 11 is 8.04. The van der Waals surface area contributed by atoms with E-state index in [-0.39, 0.29) is 24.3 Å². The molecule has 250 valence electrons. The predicted octanol–water partition coefficient (Wildman–Crippen LogP) is -1.82. The van der Waals surface area contributed by atoms with Gasteiger partial charge in [-0.05, 0) is 24.5 Å². The quantitative estimate of drug-likeness (QED) is 0.0801. The van der Waals surface area contributed by atoms with E-state index >= 15 is 0 Å². The third kappa shape index (κ3) is 12.3. The zero-order chi connectivity index (χ0) is 34.2. The molecule has 9 N–H and O–H groups in total. The fourth-order valence-electron chi connectivity index (χ4n) is 4.09. The predicted molar refractivity (Wildman–Crippen MR) is 176 cm³/mol. The third-order valence-corrected chi connectivity index (χ3v) is 7.46. The number of aliphatic hydroxyl groups is 1. The van der Waals surface area contributed by atoms with Gasteiger partial charge in [-0.2, -0.15) is 25.3 Å². The molecule has 2 rings (SSSR count). The Balaban J connectivity index is 2.10. The molecule has 0 fully saturated rings. The molecule has 0 unspecified atom stereocenters. The number of rotatable bonds is 18. The van der Waals surface area contributed by atoms with Crippen LogP contribution in [0, 0.1) is 0 Å². The van der Waals surface area contributed by atoms with E-state index in [4.69, 9.17) is 10.8 Å². The van der Waals surface area contributed by atoms with Gasteiger partial charge in [0.15, 0.2) is 0 Å². The third-order valence-electron chi connectivity index (χ3n) is 6.73.